The number of carbonyl (C=O) groups is 1. The van der Waals surface area contributed by atoms with E-state index in [2.05, 4.69) is 46.7 Å². The van der Waals surface area contributed by atoms with Crippen LogP contribution in [0.25, 0.3) is 22.5 Å². The van der Waals surface area contributed by atoms with Crippen LogP contribution in [0, 0.1) is 11.3 Å². The number of aromatic amines is 1. The van der Waals surface area contributed by atoms with Gasteiger partial charge in [0, 0.05) is 24.3 Å². The van der Waals surface area contributed by atoms with E-state index in [0.29, 0.717) is 34.3 Å². The third-order valence-electron chi connectivity index (χ3n) is 7.34. The largest absolute Gasteiger partial charge is 0.493 e. The summed E-state index contributed by atoms with van der Waals surface area (Å²) in [7, 11) is 5.09. The van der Waals surface area contributed by atoms with Crippen LogP contribution in [0.5, 0.6) is 11.5 Å². The molecule has 3 aromatic rings. The quantitative estimate of drug-likeness (QED) is 0.463. The van der Waals surface area contributed by atoms with Gasteiger partial charge in [0.15, 0.2) is 11.5 Å². The van der Waals surface area contributed by atoms with Gasteiger partial charge in [0.25, 0.3) is 0 Å². The second kappa shape index (κ2) is 10.6. The zero-order valence-electron chi connectivity index (χ0n) is 22.0. The summed E-state index contributed by atoms with van der Waals surface area (Å²) >= 11 is 0. The molecule has 0 atom stereocenters. The van der Waals surface area contributed by atoms with E-state index in [1.807, 2.05) is 48.3 Å². The molecule has 0 saturated heterocycles. The SMILES string of the molecule is COc1ccc(-c2ccc(NC(=O)N(C)C3CCC(C(C)(C)C)CC3)cc2-c2nn[nH]n2)cc1OC. The average Bonchev–Trinajstić information content (AvgIpc) is 3.42. The maximum atomic E-state index is 13.1. The molecule has 1 fully saturated rings. The smallest absolute Gasteiger partial charge is 0.321 e. The molecule has 0 aliphatic heterocycles. The van der Waals surface area contributed by atoms with Crippen LogP contribution < -0.4 is 14.8 Å². The lowest BCUT2D eigenvalue weighted by Crippen LogP contribution is -2.43. The van der Waals surface area contributed by atoms with Crippen molar-refractivity contribution in [2.45, 2.75) is 52.5 Å². The highest BCUT2D eigenvalue weighted by molar-refractivity contribution is 5.92. The maximum Gasteiger partial charge on any atom is 0.321 e. The van der Waals surface area contributed by atoms with Crippen LogP contribution in [0.4, 0.5) is 10.5 Å². The lowest BCUT2D eigenvalue weighted by atomic mass is 9.71. The fourth-order valence-corrected chi connectivity index (χ4v) is 5.05. The van der Waals surface area contributed by atoms with E-state index in [1.165, 1.54) is 0 Å². The predicted molar refractivity (Wildman–Crippen MR) is 140 cm³/mol. The number of aromatic nitrogens is 4. The first-order valence-electron chi connectivity index (χ1n) is 12.4. The number of methoxy groups -OCH3 is 2. The molecule has 0 bridgehead atoms. The van der Waals surface area contributed by atoms with Crippen LogP contribution in [0.1, 0.15) is 46.5 Å². The number of tetrazole rings is 1. The van der Waals surface area contributed by atoms with Crippen molar-refractivity contribution in [1.29, 1.82) is 0 Å². The van der Waals surface area contributed by atoms with Crippen molar-refractivity contribution in [3.05, 3.63) is 36.4 Å². The summed E-state index contributed by atoms with van der Waals surface area (Å²) in [6.45, 7) is 6.92. The fraction of sp³-hybridized carbons (Fsp3) is 0.481. The Morgan fingerprint density at radius 1 is 1.00 bits per heavy atom. The Bertz CT molecular complexity index is 1180. The van der Waals surface area contributed by atoms with Crippen LogP contribution in [0.2, 0.25) is 0 Å². The van der Waals surface area contributed by atoms with Crippen molar-refractivity contribution >= 4 is 11.7 Å². The Morgan fingerprint density at radius 2 is 1.72 bits per heavy atom. The number of ether oxygens (including phenoxy) is 2. The van der Waals surface area contributed by atoms with E-state index >= 15 is 0 Å². The molecule has 0 spiro atoms. The normalized spacial score (nSPS) is 17.9. The predicted octanol–water partition coefficient (Wildman–Crippen LogP) is 5.62. The third-order valence-corrected chi connectivity index (χ3v) is 7.34. The first-order valence-corrected chi connectivity index (χ1v) is 12.4. The highest BCUT2D eigenvalue weighted by Crippen LogP contribution is 2.39. The molecule has 0 unspecified atom stereocenters. The number of urea groups is 1. The monoisotopic (exact) mass is 492 g/mol. The lowest BCUT2D eigenvalue weighted by molar-refractivity contribution is 0.124. The first-order chi connectivity index (χ1) is 17.2. The summed E-state index contributed by atoms with van der Waals surface area (Å²) in [5, 5.41) is 17.6. The van der Waals surface area contributed by atoms with Gasteiger partial charge in [0.05, 0.1) is 14.2 Å². The molecule has 2 N–H and O–H groups in total. The molecule has 2 amide bonds. The summed E-state index contributed by atoms with van der Waals surface area (Å²) in [5.41, 5.74) is 3.50. The molecule has 0 radical (unpaired) electrons. The van der Waals surface area contributed by atoms with Gasteiger partial charge in [-0.3, -0.25) is 0 Å². The van der Waals surface area contributed by atoms with Gasteiger partial charge < -0.3 is 19.7 Å². The molecule has 9 heteroatoms. The van der Waals surface area contributed by atoms with Crippen molar-refractivity contribution in [1.82, 2.24) is 25.5 Å². The van der Waals surface area contributed by atoms with E-state index < -0.39 is 0 Å². The zero-order chi connectivity index (χ0) is 25.9. The molecule has 1 aliphatic carbocycles. The van der Waals surface area contributed by atoms with Crippen LogP contribution in [-0.2, 0) is 0 Å². The van der Waals surface area contributed by atoms with Gasteiger partial charge in [0.2, 0.25) is 5.82 Å². The van der Waals surface area contributed by atoms with Crippen molar-refractivity contribution in [2.24, 2.45) is 11.3 Å². The number of carbonyl (C=O) groups excluding carboxylic acids is 1. The minimum Gasteiger partial charge on any atom is -0.493 e. The first kappa shape index (κ1) is 25.5. The van der Waals surface area contributed by atoms with E-state index in [0.717, 1.165) is 42.4 Å². The van der Waals surface area contributed by atoms with Gasteiger partial charge in [0.1, 0.15) is 0 Å². The second-order valence-corrected chi connectivity index (χ2v) is 10.5. The summed E-state index contributed by atoms with van der Waals surface area (Å²) in [5.74, 6) is 2.40. The average molecular weight is 493 g/mol. The molecule has 1 heterocycles. The highest BCUT2D eigenvalue weighted by Gasteiger charge is 2.32. The van der Waals surface area contributed by atoms with Crippen LogP contribution in [0.15, 0.2) is 36.4 Å². The number of H-pyrrole nitrogens is 1. The summed E-state index contributed by atoms with van der Waals surface area (Å²) in [6.07, 6.45) is 4.35. The molecule has 1 saturated carbocycles. The van der Waals surface area contributed by atoms with Crippen molar-refractivity contribution in [3.8, 4) is 34.0 Å². The van der Waals surface area contributed by atoms with E-state index in [4.69, 9.17) is 9.47 Å². The topological polar surface area (TPSA) is 105 Å². The van der Waals surface area contributed by atoms with Crippen LogP contribution in [0.3, 0.4) is 0 Å². The Labute approximate surface area is 212 Å². The van der Waals surface area contributed by atoms with E-state index in [1.54, 1.807) is 14.2 Å². The zero-order valence-corrected chi connectivity index (χ0v) is 22.0. The lowest BCUT2D eigenvalue weighted by Gasteiger charge is -2.39. The Kier molecular flexibility index (Phi) is 7.47. The van der Waals surface area contributed by atoms with Gasteiger partial charge in [-0.2, -0.15) is 5.21 Å². The Balaban J connectivity index is 1.55. The van der Waals surface area contributed by atoms with E-state index in [-0.39, 0.29) is 12.1 Å². The molecule has 9 nitrogen and oxygen atoms in total. The van der Waals surface area contributed by atoms with Gasteiger partial charge in [-0.1, -0.05) is 32.9 Å². The number of rotatable bonds is 6. The van der Waals surface area contributed by atoms with Crippen molar-refractivity contribution in [2.75, 3.05) is 26.6 Å². The highest BCUT2D eigenvalue weighted by atomic mass is 16.5. The number of hydrogen-bond donors (Lipinski definition) is 2. The number of amides is 2. The van der Waals surface area contributed by atoms with Gasteiger partial charge in [-0.05, 0) is 77.6 Å². The second-order valence-electron chi connectivity index (χ2n) is 10.5. The van der Waals surface area contributed by atoms with Gasteiger partial charge in [-0.15, -0.1) is 10.2 Å². The summed E-state index contributed by atoms with van der Waals surface area (Å²) < 4.78 is 10.8. The maximum absolute atomic E-state index is 13.1. The van der Waals surface area contributed by atoms with E-state index in [9.17, 15) is 4.79 Å². The van der Waals surface area contributed by atoms with Crippen LogP contribution >= 0.6 is 0 Å². The number of nitrogens with one attached hydrogen (secondary N) is 2. The molecule has 4 rings (SSSR count). The number of hydrogen-bond acceptors (Lipinski definition) is 6. The van der Waals surface area contributed by atoms with Gasteiger partial charge >= 0.3 is 6.03 Å². The Hall–Kier alpha value is -3.62. The molecular weight excluding hydrogens is 456 g/mol. The minimum absolute atomic E-state index is 0.118. The molecule has 1 aliphatic rings. The molecule has 36 heavy (non-hydrogen) atoms. The molecule has 192 valence electrons. The molecular formula is C27H36N6O3. The number of benzene rings is 2. The molecule has 2 aromatic carbocycles. The van der Waals surface area contributed by atoms with Crippen LogP contribution in [-0.4, -0.2) is 58.9 Å². The van der Waals surface area contributed by atoms with Crippen molar-refractivity contribution in [3.63, 3.8) is 0 Å². The number of anilines is 1. The van der Waals surface area contributed by atoms with Gasteiger partial charge in [-0.25, -0.2) is 4.79 Å². The summed E-state index contributed by atoms with van der Waals surface area (Å²) in [4.78, 5) is 15.0. The summed E-state index contributed by atoms with van der Waals surface area (Å²) in [6, 6.07) is 11.5. The minimum atomic E-state index is -0.118. The Morgan fingerprint density at radius 3 is 2.33 bits per heavy atom. The number of nitrogens with zero attached hydrogens (tertiary/aromatic N) is 4. The third kappa shape index (κ3) is 5.45. The molecule has 1 aromatic heterocycles. The van der Waals surface area contributed by atoms with Crippen molar-refractivity contribution < 1.29 is 14.3 Å². The fourth-order valence-electron chi connectivity index (χ4n) is 5.05. The standard InChI is InChI=1S/C27H36N6O3/c1-27(2,3)18-8-11-20(12-9-18)33(4)26(34)28-19-10-13-21(22(16-19)25-29-31-32-30-25)17-7-14-23(35-5)24(15-17)36-6/h7,10,13-16,18,20H,8-9,11-12H2,1-6H3,(H,28,34)(H,29,30,31,32).